The number of aliphatic hydroxyl groups excluding tert-OH is 1. The van der Waals surface area contributed by atoms with E-state index in [1.165, 1.54) is 0 Å². The van der Waals surface area contributed by atoms with Crippen LogP contribution in [0.25, 0.3) is 0 Å². The minimum absolute atomic E-state index is 0.0765. The Morgan fingerprint density at radius 1 is 1.53 bits per heavy atom. The average Bonchev–Trinajstić information content (AvgIpc) is 2.31. The molecule has 0 saturated carbocycles. The molecule has 17 heavy (non-hydrogen) atoms. The molecule has 0 amide bonds. The Morgan fingerprint density at radius 3 is 2.76 bits per heavy atom. The van der Waals surface area contributed by atoms with Crippen LogP contribution >= 0.6 is 12.6 Å². The number of hydrogen-bond acceptors (Lipinski definition) is 5. The van der Waals surface area contributed by atoms with Gasteiger partial charge in [-0.1, -0.05) is 0 Å². The summed E-state index contributed by atoms with van der Waals surface area (Å²) < 4.78 is 4.83. The summed E-state index contributed by atoms with van der Waals surface area (Å²) in [7, 11) is 0. The molecular weight excluding hydrogens is 238 g/mol. The van der Waals surface area contributed by atoms with Gasteiger partial charge < -0.3 is 9.84 Å². The first kappa shape index (κ1) is 13.6. The maximum absolute atomic E-state index is 11.3. The number of hydrogen-bond donors (Lipinski definition) is 2. The van der Waals surface area contributed by atoms with Crippen LogP contribution in [-0.4, -0.2) is 17.7 Å². The van der Waals surface area contributed by atoms with E-state index in [0.29, 0.717) is 28.2 Å². The third-order valence-corrected chi connectivity index (χ3v) is 2.65. The van der Waals surface area contributed by atoms with E-state index in [0.717, 1.165) is 0 Å². The molecule has 5 heteroatoms. The molecule has 1 aromatic rings. The van der Waals surface area contributed by atoms with Crippen molar-refractivity contribution >= 4 is 18.6 Å². The Labute approximate surface area is 105 Å². The molecule has 0 unspecified atom stereocenters. The second-order valence-electron chi connectivity index (χ2n) is 3.39. The zero-order valence-electron chi connectivity index (χ0n) is 9.43. The molecule has 0 radical (unpaired) electrons. The van der Waals surface area contributed by atoms with Crippen molar-refractivity contribution in [1.82, 2.24) is 0 Å². The molecule has 0 saturated heterocycles. The molecule has 0 atom stereocenters. The van der Waals surface area contributed by atoms with Crippen molar-refractivity contribution in [2.24, 2.45) is 0 Å². The Morgan fingerprint density at radius 2 is 2.24 bits per heavy atom. The Kier molecular flexibility index (Phi) is 5.01. The first-order valence-corrected chi connectivity index (χ1v) is 5.58. The van der Waals surface area contributed by atoms with Crippen LogP contribution in [0.5, 0.6) is 0 Å². The van der Waals surface area contributed by atoms with Crippen LogP contribution in [0.15, 0.2) is 17.0 Å². The molecule has 0 spiro atoms. The fraction of sp³-hybridized carbons (Fsp3) is 0.333. The summed E-state index contributed by atoms with van der Waals surface area (Å²) in [6.07, 6.45) is 0.0765. The second-order valence-corrected chi connectivity index (χ2v) is 3.87. The number of carbonyl (C=O) groups is 1. The predicted molar refractivity (Wildman–Crippen MR) is 64.7 cm³/mol. The molecular formula is C12H13NO3S. The lowest BCUT2D eigenvalue weighted by Crippen LogP contribution is -2.08. The molecule has 4 nitrogen and oxygen atoms in total. The van der Waals surface area contributed by atoms with E-state index in [-0.39, 0.29) is 19.0 Å². The van der Waals surface area contributed by atoms with Gasteiger partial charge in [-0.25, -0.2) is 0 Å². The highest BCUT2D eigenvalue weighted by Gasteiger charge is 2.11. The highest BCUT2D eigenvalue weighted by molar-refractivity contribution is 7.80. The van der Waals surface area contributed by atoms with E-state index < -0.39 is 0 Å². The number of esters is 1. The summed E-state index contributed by atoms with van der Waals surface area (Å²) in [5.74, 6) is -0.358. The molecule has 0 aliphatic rings. The van der Waals surface area contributed by atoms with Gasteiger partial charge in [0.25, 0.3) is 0 Å². The fourth-order valence-electron chi connectivity index (χ4n) is 1.42. The lowest BCUT2D eigenvalue weighted by atomic mass is 10.0. The van der Waals surface area contributed by atoms with Crippen LogP contribution < -0.4 is 0 Å². The molecule has 0 aromatic heterocycles. The fourth-order valence-corrected chi connectivity index (χ4v) is 1.72. The number of carbonyl (C=O) groups excluding carboxylic acids is 1. The maximum atomic E-state index is 11.3. The Hall–Kier alpha value is -1.51. The normalized spacial score (nSPS) is 9.76. The largest absolute Gasteiger partial charge is 0.466 e. The van der Waals surface area contributed by atoms with Gasteiger partial charge in [-0.2, -0.15) is 5.26 Å². The van der Waals surface area contributed by atoms with E-state index in [2.05, 4.69) is 12.6 Å². The number of ether oxygens (including phenoxy) is 1. The van der Waals surface area contributed by atoms with Crippen molar-refractivity contribution in [3.05, 3.63) is 28.8 Å². The third kappa shape index (κ3) is 3.48. The molecule has 0 aliphatic carbocycles. The zero-order chi connectivity index (χ0) is 12.8. The monoisotopic (exact) mass is 251 g/mol. The van der Waals surface area contributed by atoms with Crippen LogP contribution in [-0.2, 0) is 22.6 Å². The number of nitrogens with zero attached hydrogens (tertiary/aromatic N) is 1. The standard InChI is InChI=1S/C12H13NO3S/c1-2-16-12(15)5-8-3-9(6-13)10(7-14)4-11(8)17/h3-4,14,17H,2,5,7H2,1H3. The van der Waals surface area contributed by atoms with Crippen molar-refractivity contribution in [2.45, 2.75) is 24.8 Å². The van der Waals surface area contributed by atoms with Crippen molar-refractivity contribution < 1.29 is 14.6 Å². The van der Waals surface area contributed by atoms with Crippen molar-refractivity contribution in [3.63, 3.8) is 0 Å². The van der Waals surface area contributed by atoms with Crippen LogP contribution in [0.3, 0.4) is 0 Å². The zero-order valence-corrected chi connectivity index (χ0v) is 10.3. The highest BCUT2D eigenvalue weighted by Crippen LogP contribution is 2.21. The molecule has 1 N–H and O–H groups in total. The van der Waals surface area contributed by atoms with E-state index in [1.807, 2.05) is 6.07 Å². The number of benzene rings is 1. The average molecular weight is 251 g/mol. The number of nitriles is 1. The molecule has 1 rings (SSSR count). The van der Waals surface area contributed by atoms with Crippen molar-refractivity contribution in [3.8, 4) is 6.07 Å². The van der Waals surface area contributed by atoms with E-state index in [9.17, 15) is 4.79 Å². The predicted octanol–water partition coefficient (Wildman–Crippen LogP) is 1.44. The third-order valence-electron chi connectivity index (χ3n) is 2.24. The Bertz CT molecular complexity index is 466. The molecule has 0 fully saturated rings. The maximum Gasteiger partial charge on any atom is 0.310 e. The van der Waals surface area contributed by atoms with Crippen LogP contribution in [0.2, 0.25) is 0 Å². The topological polar surface area (TPSA) is 70.3 Å². The molecule has 0 bridgehead atoms. The molecule has 0 aliphatic heterocycles. The van der Waals surface area contributed by atoms with E-state index >= 15 is 0 Å². The lowest BCUT2D eigenvalue weighted by molar-refractivity contribution is -0.142. The summed E-state index contributed by atoms with van der Waals surface area (Å²) in [6.45, 7) is 1.83. The quantitative estimate of drug-likeness (QED) is 0.627. The van der Waals surface area contributed by atoms with Crippen molar-refractivity contribution in [2.75, 3.05) is 6.61 Å². The summed E-state index contributed by atoms with van der Waals surface area (Å²) >= 11 is 4.22. The highest BCUT2D eigenvalue weighted by atomic mass is 32.1. The van der Waals surface area contributed by atoms with Gasteiger partial charge in [0.1, 0.15) is 0 Å². The lowest BCUT2D eigenvalue weighted by Gasteiger charge is -2.08. The van der Waals surface area contributed by atoms with Gasteiger partial charge in [-0.15, -0.1) is 12.6 Å². The smallest absolute Gasteiger partial charge is 0.310 e. The summed E-state index contributed by atoms with van der Waals surface area (Å²) in [6, 6.07) is 5.13. The first-order valence-electron chi connectivity index (χ1n) is 5.13. The number of rotatable bonds is 4. The van der Waals surface area contributed by atoms with Gasteiger partial charge in [0.15, 0.2) is 0 Å². The van der Waals surface area contributed by atoms with Gasteiger partial charge in [0.2, 0.25) is 0 Å². The van der Waals surface area contributed by atoms with Gasteiger partial charge >= 0.3 is 5.97 Å². The SMILES string of the molecule is CCOC(=O)Cc1cc(C#N)c(CO)cc1S. The Balaban J connectivity index is 3.01. The minimum Gasteiger partial charge on any atom is -0.466 e. The summed E-state index contributed by atoms with van der Waals surface area (Å²) in [4.78, 5) is 11.9. The summed E-state index contributed by atoms with van der Waals surface area (Å²) in [5, 5.41) is 18.0. The molecule has 90 valence electrons. The number of thiol groups is 1. The second kappa shape index (κ2) is 6.28. The summed E-state index contributed by atoms with van der Waals surface area (Å²) in [5.41, 5.74) is 1.48. The van der Waals surface area contributed by atoms with Crippen LogP contribution in [0.4, 0.5) is 0 Å². The number of aliphatic hydroxyl groups is 1. The van der Waals surface area contributed by atoms with Gasteiger partial charge in [-0.05, 0) is 30.2 Å². The van der Waals surface area contributed by atoms with E-state index in [1.54, 1.807) is 19.1 Å². The van der Waals surface area contributed by atoms with Gasteiger partial charge in [0, 0.05) is 4.90 Å². The van der Waals surface area contributed by atoms with Gasteiger partial charge in [0.05, 0.1) is 31.3 Å². The van der Waals surface area contributed by atoms with Crippen molar-refractivity contribution in [1.29, 1.82) is 5.26 Å². The minimum atomic E-state index is -0.358. The van der Waals surface area contributed by atoms with Crippen LogP contribution in [0.1, 0.15) is 23.6 Å². The molecule has 1 aromatic carbocycles. The van der Waals surface area contributed by atoms with E-state index in [4.69, 9.17) is 15.1 Å². The first-order chi connectivity index (χ1) is 8.12. The van der Waals surface area contributed by atoms with Crippen LogP contribution in [0, 0.1) is 11.3 Å². The van der Waals surface area contributed by atoms with Gasteiger partial charge in [-0.3, -0.25) is 4.79 Å². The molecule has 0 heterocycles.